The molecule has 4 aromatic heterocycles. The molecule has 2 aliphatic heterocycles. The van der Waals surface area contributed by atoms with Gasteiger partial charge in [-0.1, -0.05) is 57.9 Å². The summed E-state index contributed by atoms with van der Waals surface area (Å²) in [7, 11) is 3.54. The van der Waals surface area contributed by atoms with Crippen LogP contribution in [0.2, 0.25) is 0 Å². The molecule has 1 aromatic carbocycles. The molecule has 3 fully saturated rings. The summed E-state index contributed by atoms with van der Waals surface area (Å²) in [5.74, 6) is -0.413. The maximum atomic E-state index is 14.1. The number of carbonyl (C=O) groups is 5. The second-order valence-electron chi connectivity index (χ2n) is 20.3. The summed E-state index contributed by atoms with van der Waals surface area (Å²) < 4.78 is 2.13. The number of hydrogen-bond acceptors (Lipinski definition) is 12. The fourth-order valence-electron chi connectivity index (χ4n) is 9.87. The van der Waals surface area contributed by atoms with Crippen molar-refractivity contribution in [2.24, 2.45) is 5.41 Å². The van der Waals surface area contributed by atoms with Crippen molar-refractivity contribution in [2.45, 2.75) is 123 Å². The van der Waals surface area contributed by atoms with Gasteiger partial charge in [0.15, 0.2) is 0 Å². The van der Waals surface area contributed by atoms with E-state index in [1.54, 1.807) is 30.3 Å². The second kappa shape index (κ2) is 21.8. The van der Waals surface area contributed by atoms with Gasteiger partial charge in [-0.15, -0.1) is 11.3 Å². The van der Waals surface area contributed by atoms with Crippen molar-refractivity contribution in [3.05, 3.63) is 88.8 Å². The average molecular weight is 974 g/mol. The maximum Gasteiger partial charge on any atom is 0.270 e. The smallest absolute Gasteiger partial charge is 0.270 e. The van der Waals surface area contributed by atoms with E-state index in [4.69, 9.17) is 9.97 Å². The number of rotatable bonds is 16. The number of nitrogens with zero attached hydrogens (tertiary/aromatic N) is 9. The van der Waals surface area contributed by atoms with Crippen LogP contribution in [-0.2, 0) is 32.1 Å². The zero-order valence-electron chi connectivity index (χ0n) is 41.3. The van der Waals surface area contributed by atoms with E-state index in [9.17, 15) is 29.1 Å². The van der Waals surface area contributed by atoms with Crippen LogP contribution < -0.4 is 15.5 Å². The van der Waals surface area contributed by atoms with Crippen LogP contribution in [0.4, 0.5) is 5.69 Å². The molecule has 8 rings (SSSR count). The summed E-state index contributed by atoms with van der Waals surface area (Å²) in [4.78, 5) is 94.1. The summed E-state index contributed by atoms with van der Waals surface area (Å²) in [5, 5.41) is 17.4. The number of pyridine rings is 1. The van der Waals surface area contributed by atoms with Gasteiger partial charge in [0.05, 0.1) is 40.5 Å². The van der Waals surface area contributed by atoms with E-state index < -0.39 is 29.5 Å². The largest absolute Gasteiger partial charge is 0.391 e. The maximum absolute atomic E-state index is 14.1. The normalized spacial score (nSPS) is 18.1. The van der Waals surface area contributed by atoms with Crippen LogP contribution in [0.25, 0.3) is 21.5 Å². The second-order valence-corrected chi connectivity index (χ2v) is 21.2. The molecule has 3 atom stereocenters. The number of hydrogen-bond donors (Lipinski definition) is 3. The molecule has 70 heavy (non-hydrogen) atoms. The lowest BCUT2D eigenvalue weighted by Gasteiger charge is -2.36. The van der Waals surface area contributed by atoms with Gasteiger partial charge in [-0.25, -0.2) is 15.0 Å². The number of thiazole rings is 1. The van der Waals surface area contributed by atoms with Gasteiger partial charge in [-0.05, 0) is 67.3 Å². The average Bonchev–Trinajstić information content (AvgIpc) is 4.18. The Hall–Kier alpha value is -6.27. The van der Waals surface area contributed by atoms with Gasteiger partial charge in [0.25, 0.3) is 5.91 Å². The van der Waals surface area contributed by atoms with Crippen LogP contribution in [0.1, 0.15) is 118 Å². The molecule has 3 aliphatic rings. The number of carbonyl (C=O) groups excluding carboxylic acids is 5. The van der Waals surface area contributed by atoms with Crippen molar-refractivity contribution in [1.29, 1.82) is 0 Å². The van der Waals surface area contributed by atoms with E-state index in [2.05, 4.69) is 30.1 Å². The Morgan fingerprint density at radius 1 is 0.914 bits per heavy atom. The summed E-state index contributed by atoms with van der Waals surface area (Å²) in [6.07, 6.45) is 9.16. The molecule has 6 heterocycles. The van der Waals surface area contributed by atoms with Crippen LogP contribution in [0.3, 0.4) is 0 Å². The molecule has 5 amide bonds. The van der Waals surface area contributed by atoms with E-state index in [1.165, 1.54) is 4.90 Å². The molecule has 2 saturated heterocycles. The predicted octanol–water partition coefficient (Wildman–Crippen LogP) is 5.68. The van der Waals surface area contributed by atoms with E-state index in [-0.39, 0.29) is 55.6 Å². The first-order chi connectivity index (χ1) is 33.5. The molecule has 1 aliphatic carbocycles. The van der Waals surface area contributed by atoms with Crippen LogP contribution in [-0.4, -0.2) is 139 Å². The number of likely N-dealkylation sites (tertiary alicyclic amines) is 1. The van der Waals surface area contributed by atoms with Crippen molar-refractivity contribution in [3.63, 3.8) is 0 Å². The summed E-state index contributed by atoms with van der Waals surface area (Å²) >= 11 is 1.58. The molecular weight excluding hydrogens is 907 g/mol. The number of anilines is 1. The number of benzene rings is 1. The van der Waals surface area contributed by atoms with Gasteiger partial charge < -0.3 is 39.9 Å². The van der Waals surface area contributed by atoms with Gasteiger partial charge in [0, 0.05) is 95.9 Å². The Balaban J connectivity index is 0.769. The zero-order chi connectivity index (χ0) is 49.7. The number of aryl methyl sites for hydroxylation is 1. The van der Waals surface area contributed by atoms with Crippen molar-refractivity contribution in [1.82, 2.24) is 49.8 Å². The topological polar surface area (TPSA) is 199 Å². The number of aliphatic hydroxyl groups is 1. The van der Waals surface area contributed by atoms with Gasteiger partial charge in [-0.2, -0.15) is 0 Å². The third kappa shape index (κ3) is 11.7. The highest BCUT2D eigenvalue weighted by molar-refractivity contribution is 7.13. The molecule has 18 heteroatoms. The first kappa shape index (κ1) is 50.1. The first-order valence-corrected chi connectivity index (χ1v) is 25.5. The Morgan fingerprint density at radius 2 is 1.64 bits per heavy atom. The zero-order valence-corrected chi connectivity index (χ0v) is 42.1. The first-order valence-electron chi connectivity index (χ1n) is 24.6. The molecular formula is C52H67N11O6S. The minimum atomic E-state index is -0.924. The van der Waals surface area contributed by atoms with Gasteiger partial charge in [0.1, 0.15) is 29.2 Å². The fourth-order valence-corrected chi connectivity index (χ4v) is 10.7. The lowest BCUT2D eigenvalue weighted by molar-refractivity contribution is -0.144. The van der Waals surface area contributed by atoms with Crippen LogP contribution in [0, 0.1) is 12.3 Å². The molecule has 1 saturated carbocycles. The Bertz CT molecular complexity index is 2660. The number of aromatic nitrogens is 5. The molecule has 0 spiro atoms. The van der Waals surface area contributed by atoms with E-state index in [1.807, 2.05) is 93.0 Å². The summed E-state index contributed by atoms with van der Waals surface area (Å²) in [5.41, 5.74) is 7.32. The molecule has 0 unspecified atom stereocenters. The predicted molar refractivity (Wildman–Crippen MR) is 269 cm³/mol. The number of nitrogens with one attached hydrogen (secondary N) is 2. The Kier molecular flexibility index (Phi) is 15.6. The number of unbranched alkanes of at least 4 members (excludes halogenated alkanes) is 1. The van der Waals surface area contributed by atoms with Gasteiger partial charge in [0.2, 0.25) is 23.6 Å². The molecule has 3 N–H and O–H groups in total. The highest BCUT2D eigenvalue weighted by atomic mass is 32.1. The molecule has 5 aromatic rings. The number of fused-ring (bicyclic) bond motifs is 1. The lowest BCUT2D eigenvalue weighted by atomic mass is 9.85. The number of β-amino-alcohol motifs (C(OH)–C–C–N with tert-alkyl or cyclic N) is 1. The highest BCUT2D eigenvalue weighted by Gasteiger charge is 2.44. The van der Waals surface area contributed by atoms with Crippen molar-refractivity contribution in [3.8, 4) is 10.4 Å². The number of aliphatic hydroxyl groups excluding tert-OH is 1. The van der Waals surface area contributed by atoms with Crippen molar-refractivity contribution >= 4 is 57.6 Å². The highest BCUT2D eigenvalue weighted by Crippen LogP contribution is 2.35. The van der Waals surface area contributed by atoms with Crippen molar-refractivity contribution in [2.75, 3.05) is 51.7 Å². The molecule has 0 bridgehead atoms. The standard InChI is InChI=1S/C52H67N11O6S/c1-33-46(70-32-56-33)35-17-15-34(16-18-35)28-55-49(67)41-27-40(64)31-62(41)51(69)47(52(2,3)4)58-44(65)13-9-10-14-45(66)61-23-21-60(22-24-61)39-20-19-37(53-30-39)26-43-54-29-36-25-42(50(68)59(5)6)63(48(36)57-43)38-11-7-8-12-38/h15-20,25,29-30,32,38,40-41,47,64H,7-14,21-24,26-28,31H2,1-6H3,(H,55,67)(H,58,65)/t40-,41+,47-/m1/s1. The molecule has 372 valence electrons. The van der Waals surface area contributed by atoms with E-state index >= 15 is 0 Å². The third-order valence-corrected chi connectivity index (χ3v) is 14.8. The van der Waals surface area contributed by atoms with Crippen molar-refractivity contribution < 1.29 is 29.1 Å². The fraction of sp³-hybridized carbons (Fsp3) is 0.519. The third-order valence-electron chi connectivity index (χ3n) is 13.8. The summed E-state index contributed by atoms with van der Waals surface area (Å²) in [6, 6.07) is 12.3. The molecule has 0 radical (unpaired) electrons. The quantitative estimate of drug-likeness (QED) is 0.103. The number of amides is 5. The monoisotopic (exact) mass is 973 g/mol. The lowest BCUT2D eigenvalue weighted by Crippen LogP contribution is -2.57. The summed E-state index contributed by atoms with van der Waals surface area (Å²) in [6.45, 7) is 10.3. The van der Waals surface area contributed by atoms with Crippen LogP contribution in [0.15, 0.2) is 60.4 Å². The van der Waals surface area contributed by atoms with Crippen LogP contribution in [0.5, 0.6) is 0 Å². The van der Waals surface area contributed by atoms with E-state index in [0.717, 1.165) is 69.8 Å². The van der Waals surface area contributed by atoms with Gasteiger partial charge >= 0.3 is 0 Å². The number of piperazine rings is 1. The Labute approximate surface area is 414 Å². The minimum Gasteiger partial charge on any atom is -0.391 e. The SMILES string of the molecule is Cc1ncsc1-c1ccc(CNC(=O)[C@@H]2C[C@@H](O)CN2C(=O)[C@@H](NC(=O)CCCCC(=O)N2CCN(c3ccc(Cc4ncc5cc(C(=O)N(C)C)n(C6CCCC6)c5n4)nc3)CC2)C(C)(C)C)cc1. The van der Waals surface area contributed by atoms with E-state index in [0.29, 0.717) is 63.4 Å². The Morgan fingerprint density at radius 3 is 2.30 bits per heavy atom. The molecule has 17 nitrogen and oxygen atoms in total. The minimum absolute atomic E-state index is 0.00386. The van der Waals surface area contributed by atoms with Crippen LogP contribution >= 0.6 is 11.3 Å². The van der Waals surface area contributed by atoms with Gasteiger partial charge in [-0.3, -0.25) is 29.0 Å².